The number of ether oxygens (including phenoxy) is 2. The van der Waals surface area contributed by atoms with E-state index in [4.69, 9.17) is 9.47 Å². The highest BCUT2D eigenvalue weighted by Gasteiger charge is 2.10. The number of benzene rings is 1. The van der Waals surface area contributed by atoms with E-state index in [1.54, 1.807) is 13.3 Å². The lowest BCUT2D eigenvalue weighted by atomic mass is 10.1. The van der Waals surface area contributed by atoms with Crippen molar-refractivity contribution in [3.63, 3.8) is 0 Å². The van der Waals surface area contributed by atoms with Gasteiger partial charge < -0.3 is 19.4 Å². The number of hydrogen-bond acceptors (Lipinski definition) is 4. The van der Waals surface area contributed by atoms with Crippen molar-refractivity contribution in [3.05, 3.63) is 54.6 Å². The fourth-order valence-corrected chi connectivity index (χ4v) is 2.25. The van der Waals surface area contributed by atoms with Crippen LogP contribution in [0.4, 0.5) is 0 Å². The second kappa shape index (κ2) is 9.00. The topological polar surface area (TPSA) is 48.3 Å². The van der Waals surface area contributed by atoms with Gasteiger partial charge in [0, 0.05) is 31.0 Å². The summed E-state index contributed by atoms with van der Waals surface area (Å²) in [5, 5.41) is 3.45. The number of nitrogens with zero attached hydrogens (tertiary/aromatic N) is 2. The summed E-state index contributed by atoms with van der Waals surface area (Å²) in [6.07, 6.45) is 6.66. The maximum absolute atomic E-state index is 5.86. The van der Waals surface area contributed by atoms with Gasteiger partial charge in [0.25, 0.3) is 0 Å². The first-order valence-electron chi connectivity index (χ1n) is 7.80. The molecule has 1 N–H and O–H groups in total. The van der Waals surface area contributed by atoms with E-state index >= 15 is 0 Å². The molecule has 23 heavy (non-hydrogen) atoms. The third kappa shape index (κ3) is 5.45. The third-order valence-corrected chi connectivity index (χ3v) is 3.39. The molecule has 0 atom stereocenters. The molecule has 0 saturated heterocycles. The molecule has 0 saturated carbocycles. The van der Waals surface area contributed by atoms with Crippen LogP contribution in [0.25, 0.3) is 0 Å². The standard InChI is InChI=1S/C18H25N3O2/c1-15(2)13-23-18-16(6-4-7-17(18)22-3)12-19-8-5-10-21-11-9-20-14-21/h4,6-7,9,11,14,19H,1,5,8,10,12-13H2,2-3H3. The van der Waals surface area contributed by atoms with Gasteiger partial charge in [0.05, 0.1) is 13.4 Å². The van der Waals surface area contributed by atoms with Gasteiger partial charge in [-0.15, -0.1) is 0 Å². The fourth-order valence-electron chi connectivity index (χ4n) is 2.25. The molecule has 0 spiro atoms. The average Bonchev–Trinajstić information content (AvgIpc) is 3.06. The van der Waals surface area contributed by atoms with E-state index in [1.807, 2.05) is 31.6 Å². The summed E-state index contributed by atoms with van der Waals surface area (Å²) >= 11 is 0. The summed E-state index contributed by atoms with van der Waals surface area (Å²) in [5.74, 6) is 1.55. The van der Waals surface area contributed by atoms with Gasteiger partial charge in [-0.1, -0.05) is 18.7 Å². The first kappa shape index (κ1) is 17.1. The van der Waals surface area contributed by atoms with Crippen LogP contribution in [-0.4, -0.2) is 29.8 Å². The van der Waals surface area contributed by atoms with Crippen molar-refractivity contribution in [2.24, 2.45) is 0 Å². The van der Waals surface area contributed by atoms with E-state index < -0.39 is 0 Å². The SMILES string of the molecule is C=C(C)COc1c(CNCCCn2ccnc2)cccc1OC. The van der Waals surface area contributed by atoms with E-state index in [0.717, 1.165) is 48.7 Å². The fraction of sp³-hybridized carbons (Fsp3) is 0.389. The lowest BCUT2D eigenvalue weighted by Gasteiger charge is -2.15. The molecular formula is C18H25N3O2. The van der Waals surface area contributed by atoms with Crippen LogP contribution in [0.3, 0.4) is 0 Å². The Kier molecular flexibility index (Phi) is 6.69. The number of nitrogens with one attached hydrogen (secondary N) is 1. The molecule has 2 aromatic rings. The summed E-state index contributed by atoms with van der Waals surface area (Å²) in [6.45, 7) is 8.95. The quantitative estimate of drug-likeness (QED) is 0.541. The minimum Gasteiger partial charge on any atom is -0.493 e. The van der Waals surface area contributed by atoms with Gasteiger partial charge in [0.1, 0.15) is 6.61 Å². The van der Waals surface area contributed by atoms with Crippen LogP contribution in [0.2, 0.25) is 0 Å². The number of para-hydroxylation sites is 1. The molecule has 0 amide bonds. The number of hydrogen-bond donors (Lipinski definition) is 1. The molecule has 124 valence electrons. The molecule has 2 rings (SSSR count). The minimum atomic E-state index is 0.494. The molecule has 1 aromatic heterocycles. The molecular weight excluding hydrogens is 290 g/mol. The summed E-state index contributed by atoms with van der Waals surface area (Å²) in [4.78, 5) is 4.04. The van der Waals surface area contributed by atoms with Crippen LogP contribution in [0, 0.1) is 0 Å². The Labute approximate surface area is 137 Å². The summed E-state index contributed by atoms with van der Waals surface area (Å²) in [5.41, 5.74) is 2.07. The first-order chi connectivity index (χ1) is 11.2. The van der Waals surface area contributed by atoms with Gasteiger partial charge in [-0.05, 0) is 31.5 Å². The molecule has 1 heterocycles. The molecule has 0 aliphatic heterocycles. The molecule has 5 heteroatoms. The Morgan fingerprint density at radius 2 is 2.26 bits per heavy atom. The number of methoxy groups -OCH3 is 1. The molecule has 0 radical (unpaired) electrons. The van der Waals surface area contributed by atoms with Gasteiger partial charge in [-0.3, -0.25) is 0 Å². The van der Waals surface area contributed by atoms with Crippen LogP contribution >= 0.6 is 0 Å². The molecule has 0 bridgehead atoms. The van der Waals surface area contributed by atoms with Crippen molar-refractivity contribution in [3.8, 4) is 11.5 Å². The average molecular weight is 315 g/mol. The van der Waals surface area contributed by atoms with Crippen molar-refractivity contribution >= 4 is 0 Å². The van der Waals surface area contributed by atoms with E-state index in [1.165, 1.54) is 0 Å². The molecule has 0 fully saturated rings. The molecule has 5 nitrogen and oxygen atoms in total. The largest absolute Gasteiger partial charge is 0.493 e. The highest BCUT2D eigenvalue weighted by molar-refractivity contribution is 5.46. The summed E-state index contributed by atoms with van der Waals surface area (Å²) in [6, 6.07) is 5.95. The van der Waals surface area contributed by atoms with Gasteiger partial charge in [-0.2, -0.15) is 0 Å². The Balaban J connectivity index is 1.86. The van der Waals surface area contributed by atoms with Crippen LogP contribution in [0.5, 0.6) is 11.5 Å². The van der Waals surface area contributed by atoms with Crippen molar-refractivity contribution in [2.45, 2.75) is 26.4 Å². The van der Waals surface area contributed by atoms with Crippen molar-refractivity contribution in [2.75, 3.05) is 20.3 Å². The molecule has 0 aliphatic carbocycles. The Bertz CT molecular complexity index is 609. The van der Waals surface area contributed by atoms with Crippen molar-refractivity contribution in [1.29, 1.82) is 0 Å². The zero-order valence-electron chi connectivity index (χ0n) is 13.9. The zero-order chi connectivity index (χ0) is 16.5. The highest BCUT2D eigenvalue weighted by atomic mass is 16.5. The van der Waals surface area contributed by atoms with Crippen LogP contribution in [0.1, 0.15) is 18.9 Å². The molecule has 0 aliphatic rings. The number of imidazole rings is 1. The van der Waals surface area contributed by atoms with Gasteiger partial charge >= 0.3 is 0 Å². The van der Waals surface area contributed by atoms with Gasteiger partial charge in [-0.25, -0.2) is 4.98 Å². The zero-order valence-corrected chi connectivity index (χ0v) is 13.9. The van der Waals surface area contributed by atoms with E-state index in [-0.39, 0.29) is 0 Å². The lowest BCUT2D eigenvalue weighted by Crippen LogP contribution is -2.17. The Hall–Kier alpha value is -2.27. The van der Waals surface area contributed by atoms with E-state index in [9.17, 15) is 0 Å². The number of rotatable bonds is 10. The van der Waals surface area contributed by atoms with E-state index in [2.05, 4.69) is 27.5 Å². The maximum Gasteiger partial charge on any atom is 0.166 e. The van der Waals surface area contributed by atoms with Crippen LogP contribution in [-0.2, 0) is 13.1 Å². The summed E-state index contributed by atoms with van der Waals surface area (Å²) in [7, 11) is 1.66. The number of aryl methyl sites for hydroxylation is 1. The normalized spacial score (nSPS) is 10.5. The number of aromatic nitrogens is 2. The molecule has 1 aromatic carbocycles. The van der Waals surface area contributed by atoms with Crippen LogP contribution in [0.15, 0.2) is 49.1 Å². The predicted octanol–water partition coefficient (Wildman–Crippen LogP) is 3.03. The predicted molar refractivity (Wildman–Crippen MR) is 91.9 cm³/mol. The van der Waals surface area contributed by atoms with Gasteiger partial charge in [0.2, 0.25) is 0 Å². The van der Waals surface area contributed by atoms with Crippen molar-refractivity contribution < 1.29 is 9.47 Å². The highest BCUT2D eigenvalue weighted by Crippen LogP contribution is 2.31. The second-order valence-corrected chi connectivity index (χ2v) is 5.53. The van der Waals surface area contributed by atoms with E-state index in [0.29, 0.717) is 6.61 Å². The third-order valence-electron chi connectivity index (χ3n) is 3.39. The maximum atomic E-state index is 5.86. The minimum absolute atomic E-state index is 0.494. The first-order valence-corrected chi connectivity index (χ1v) is 7.80. The van der Waals surface area contributed by atoms with Crippen LogP contribution < -0.4 is 14.8 Å². The molecule has 0 unspecified atom stereocenters. The Morgan fingerprint density at radius 1 is 1.39 bits per heavy atom. The smallest absolute Gasteiger partial charge is 0.166 e. The monoisotopic (exact) mass is 315 g/mol. The Morgan fingerprint density at radius 3 is 2.96 bits per heavy atom. The van der Waals surface area contributed by atoms with Crippen molar-refractivity contribution in [1.82, 2.24) is 14.9 Å². The summed E-state index contributed by atoms with van der Waals surface area (Å²) < 4.78 is 13.3. The second-order valence-electron chi connectivity index (χ2n) is 5.53. The lowest BCUT2D eigenvalue weighted by molar-refractivity contribution is 0.315. The van der Waals surface area contributed by atoms with Gasteiger partial charge in [0.15, 0.2) is 11.5 Å².